The van der Waals surface area contributed by atoms with Crippen LogP contribution in [0.1, 0.15) is 62.7 Å². The SMILES string of the molecule is CCn1c2ccccc2c2cc(N(c3ccc(OC)cc3)c3ccc4c(c3)c3cc(N(c5ccc(OC)cc5)c5ccc6c(c5)c5ccccc5n6CC)ccc3n4C3C(c4ccccc4)C(c4ccccc4)C3n3c4ccc(N(c5ccc(OC)cc5)c5ccc6c(c5)c5ccccc5n6CC)cc4c4cc(N(c5ccc(OC)cc5)c5ccc6c(c5)c5ccccc5n6CC)ccc43)ccc21. The number of anilines is 12. The van der Waals surface area contributed by atoms with E-state index in [9.17, 15) is 0 Å². The van der Waals surface area contributed by atoms with E-state index < -0.39 is 0 Å². The summed E-state index contributed by atoms with van der Waals surface area (Å²) in [6.45, 7) is 12.3. The van der Waals surface area contributed by atoms with E-state index in [0.717, 1.165) is 161 Å². The van der Waals surface area contributed by atoms with Gasteiger partial charge in [0.1, 0.15) is 23.0 Å². The Hall–Kier alpha value is -16.8. The van der Waals surface area contributed by atoms with Crippen molar-refractivity contribution in [2.45, 2.75) is 77.8 Å². The average Bonchev–Trinajstić information content (AvgIpc) is 1.49. The zero-order valence-electron chi connectivity index (χ0n) is 78.3. The minimum atomic E-state index is -0.250. The van der Waals surface area contributed by atoms with Crippen LogP contribution in [0.5, 0.6) is 23.0 Å². The number of methoxy groups -OCH3 is 4. The lowest BCUT2D eigenvalue weighted by Gasteiger charge is -2.54. The van der Waals surface area contributed by atoms with Crippen LogP contribution in [0.4, 0.5) is 68.2 Å². The van der Waals surface area contributed by atoms with Gasteiger partial charge in [0.05, 0.1) is 40.5 Å². The number of ether oxygens (including phenoxy) is 4. The molecular formula is C124H102N10O4. The van der Waals surface area contributed by atoms with Crippen LogP contribution in [0.15, 0.2) is 400 Å². The monoisotopic (exact) mass is 1790 g/mol. The fourth-order valence-corrected chi connectivity index (χ4v) is 23.5. The Morgan fingerprint density at radius 3 is 0.558 bits per heavy atom. The van der Waals surface area contributed by atoms with Gasteiger partial charge in [0, 0.05) is 237 Å². The van der Waals surface area contributed by atoms with E-state index >= 15 is 0 Å². The predicted octanol–water partition coefficient (Wildman–Crippen LogP) is 32.7. The number of fused-ring (bicyclic) bond motifs is 18. The van der Waals surface area contributed by atoms with Gasteiger partial charge < -0.3 is 65.9 Å². The summed E-state index contributed by atoms with van der Waals surface area (Å²) in [6.07, 6.45) is 0. The molecule has 1 fully saturated rings. The van der Waals surface area contributed by atoms with Crippen molar-refractivity contribution in [3.8, 4) is 23.0 Å². The second-order valence-corrected chi connectivity index (χ2v) is 36.4. The van der Waals surface area contributed by atoms with Crippen LogP contribution in [-0.4, -0.2) is 55.8 Å². The van der Waals surface area contributed by atoms with Crippen molar-refractivity contribution >= 4 is 199 Å². The van der Waals surface area contributed by atoms with Gasteiger partial charge in [0.25, 0.3) is 0 Å². The lowest BCUT2D eigenvalue weighted by molar-refractivity contribution is 0.119. The first-order valence-electron chi connectivity index (χ1n) is 48.2. The second-order valence-electron chi connectivity index (χ2n) is 36.4. The van der Waals surface area contributed by atoms with Crippen LogP contribution < -0.4 is 38.5 Å². The number of hydrogen-bond donors (Lipinski definition) is 0. The predicted molar refractivity (Wildman–Crippen MR) is 575 cm³/mol. The molecule has 672 valence electrons. The molecule has 4 unspecified atom stereocenters. The molecule has 4 atom stereocenters. The standard InChI is InChI=1S/C124H102N10O4/c1-9-125-109-35-23-19-31-97(109)101-71-85(47-63-113(101)125)129(81-39-55-93(135-5)56-40-81)89-51-67-117-105(75-89)106-76-90(130(82-41-57-94(136-6)58-42-82)86-48-64-114-102(72-86)98-32-20-24-36-110(98)126(114)10-2)52-68-118(106)133(117)123-121(79-27-15-13-16-28-79)122(80-29-17-14-18-30-80)124(123)134-119-69-53-91(131(83-43-59-95(137-7)60-44-83)87-49-65-115-103(73-87)99-33-21-25-37-111(99)127(115)11-3)77-107(119)108-78-92(54-70-120(108)134)132(84-45-61-96(138-8)62-46-84)88-50-66-116-104(74-88)100-34-22-26-38-112(100)128(116)12-4/h13-78,121-124H,9-12H2,1-8H3. The highest BCUT2D eigenvalue weighted by atomic mass is 16.5. The largest absolute Gasteiger partial charge is 0.497 e. The summed E-state index contributed by atoms with van der Waals surface area (Å²) >= 11 is 0. The highest BCUT2D eigenvalue weighted by molar-refractivity contribution is 6.17. The Morgan fingerprint density at radius 2 is 0.355 bits per heavy atom. The Balaban J connectivity index is 0.769. The first kappa shape index (κ1) is 83.0. The third-order valence-electron chi connectivity index (χ3n) is 29.7. The number of aryl methyl sites for hydroxylation is 4. The summed E-state index contributed by atoms with van der Waals surface area (Å²) in [7, 11) is 6.97. The molecule has 0 bridgehead atoms. The van der Waals surface area contributed by atoms with Gasteiger partial charge in [-0.1, -0.05) is 133 Å². The maximum absolute atomic E-state index is 5.95. The quantitative estimate of drug-likeness (QED) is 0.0592. The number of hydrogen-bond acceptors (Lipinski definition) is 8. The normalized spacial score (nSPS) is 14.5. The minimum absolute atomic E-state index is 0.0818. The Kier molecular flexibility index (Phi) is 20.2. The number of rotatable bonds is 24. The van der Waals surface area contributed by atoms with Gasteiger partial charge in [-0.2, -0.15) is 0 Å². The van der Waals surface area contributed by atoms with Crippen molar-refractivity contribution in [2.24, 2.45) is 0 Å². The summed E-state index contributed by atoms with van der Waals surface area (Å²) in [5.41, 5.74) is 28.8. The molecule has 138 heavy (non-hydrogen) atoms. The van der Waals surface area contributed by atoms with Crippen LogP contribution in [0, 0.1) is 0 Å². The Bertz CT molecular complexity index is 7900. The Labute approximate surface area is 800 Å². The number of nitrogens with zero attached hydrogens (tertiary/aromatic N) is 10. The molecule has 14 heteroatoms. The molecule has 0 saturated heterocycles. The van der Waals surface area contributed by atoms with Crippen LogP contribution >= 0.6 is 0 Å². The molecule has 14 nitrogen and oxygen atoms in total. The maximum Gasteiger partial charge on any atom is 0.119 e. The molecule has 0 radical (unpaired) electrons. The number of benzene rings is 18. The highest BCUT2D eigenvalue weighted by Gasteiger charge is 2.55. The van der Waals surface area contributed by atoms with E-state index in [0.29, 0.717) is 0 Å². The van der Waals surface area contributed by atoms with E-state index in [2.05, 4.69) is 475 Å². The van der Waals surface area contributed by atoms with Gasteiger partial charge in [-0.15, -0.1) is 0 Å². The van der Waals surface area contributed by atoms with Gasteiger partial charge in [-0.3, -0.25) is 0 Å². The molecule has 6 heterocycles. The minimum Gasteiger partial charge on any atom is -0.497 e. The third-order valence-corrected chi connectivity index (χ3v) is 29.7. The molecule has 1 saturated carbocycles. The summed E-state index contributed by atoms with van der Waals surface area (Å²) in [4.78, 5) is 9.77. The van der Waals surface area contributed by atoms with Crippen molar-refractivity contribution in [2.75, 3.05) is 48.0 Å². The summed E-state index contributed by atoms with van der Waals surface area (Å²) in [5.74, 6) is 2.97. The third kappa shape index (κ3) is 13.2. The molecule has 24 aromatic rings. The van der Waals surface area contributed by atoms with Crippen molar-refractivity contribution in [3.05, 3.63) is 412 Å². The summed E-state index contributed by atoms with van der Waals surface area (Å²) < 4.78 is 39.1. The number of aromatic nitrogens is 6. The van der Waals surface area contributed by atoms with Gasteiger partial charge in [-0.05, 0) is 306 Å². The molecular weight excluding hydrogens is 1690 g/mol. The van der Waals surface area contributed by atoms with Gasteiger partial charge in [-0.25, -0.2) is 0 Å². The fraction of sp³-hybridized carbons (Fsp3) is 0.129. The molecule has 0 aliphatic heterocycles. The van der Waals surface area contributed by atoms with Gasteiger partial charge in [0.2, 0.25) is 0 Å². The van der Waals surface area contributed by atoms with Gasteiger partial charge in [0.15, 0.2) is 0 Å². The number of para-hydroxylation sites is 4. The molecule has 1 aliphatic carbocycles. The Morgan fingerprint density at radius 1 is 0.181 bits per heavy atom. The topological polar surface area (TPSA) is 79.5 Å². The van der Waals surface area contributed by atoms with Gasteiger partial charge >= 0.3 is 0 Å². The average molecular weight is 1800 g/mol. The second kappa shape index (κ2) is 33.7. The van der Waals surface area contributed by atoms with Crippen LogP contribution in [0.3, 0.4) is 0 Å². The zero-order valence-corrected chi connectivity index (χ0v) is 78.3. The van der Waals surface area contributed by atoms with Crippen LogP contribution in [0.25, 0.3) is 131 Å². The van der Waals surface area contributed by atoms with E-state index in [1.54, 1.807) is 28.4 Å². The van der Waals surface area contributed by atoms with E-state index in [-0.39, 0.29) is 23.9 Å². The van der Waals surface area contributed by atoms with E-state index in [1.165, 1.54) is 98.4 Å². The lowest BCUT2D eigenvalue weighted by atomic mass is 9.59. The molecule has 1 aliphatic rings. The van der Waals surface area contributed by atoms with Crippen LogP contribution in [0.2, 0.25) is 0 Å². The zero-order chi connectivity index (χ0) is 92.7. The first-order valence-corrected chi connectivity index (χ1v) is 48.2. The van der Waals surface area contributed by atoms with Crippen molar-refractivity contribution < 1.29 is 18.9 Å². The molecule has 0 spiro atoms. The maximum atomic E-state index is 5.95. The van der Waals surface area contributed by atoms with E-state index in [1.807, 2.05) is 0 Å². The molecule has 18 aromatic carbocycles. The van der Waals surface area contributed by atoms with Crippen molar-refractivity contribution in [3.63, 3.8) is 0 Å². The lowest BCUT2D eigenvalue weighted by Crippen LogP contribution is -2.45. The molecule has 0 N–H and O–H groups in total. The summed E-state index contributed by atoms with van der Waals surface area (Å²) in [6, 6.07) is 149. The van der Waals surface area contributed by atoms with Crippen molar-refractivity contribution in [1.29, 1.82) is 0 Å². The van der Waals surface area contributed by atoms with Crippen LogP contribution in [-0.2, 0) is 26.2 Å². The summed E-state index contributed by atoms with van der Waals surface area (Å²) in [5, 5.41) is 14.1. The first-order chi connectivity index (χ1) is 68.1. The molecule has 6 aromatic heterocycles. The fourth-order valence-electron chi connectivity index (χ4n) is 23.5. The molecule has 0 amide bonds. The van der Waals surface area contributed by atoms with E-state index in [4.69, 9.17) is 18.9 Å². The van der Waals surface area contributed by atoms with Crippen molar-refractivity contribution in [1.82, 2.24) is 27.4 Å². The molecule has 25 rings (SSSR count). The highest BCUT2D eigenvalue weighted by Crippen LogP contribution is 2.66. The smallest absolute Gasteiger partial charge is 0.119 e.